The molecule has 5 nitrogen and oxygen atoms in total. The summed E-state index contributed by atoms with van der Waals surface area (Å²) in [5.74, 6) is 1.82. The van der Waals surface area contributed by atoms with Gasteiger partial charge in [-0.25, -0.2) is 9.97 Å². The maximum absolute atomic E-state index is 12.2. The Morgan fingerprint density at radius 3 is 2.77 bits per heavy atom. The second-order valence-corrected chi connectivity index (χ2v) is 7.23. The number of benzene rings is 1. The van der Waals surface area contributed by atoms with Crippen molar-refractivity contribution in [2.45, 2.75) is 52.9 Å². The van der Waals surface area contributed by atoms with E-state index in [0.29, 0.717) is 18.2 Å². The van der Waals surface area contributed by atoms with Gasteiger partial charge in [0.1, 0.15) is 5.75 Å². The molecule has 0 saturated heterocycles. The Kier molecular flexibility index (Phi) is 5.55. The van der Waals surface area contributed by atoms with Crippen molar-refractivity contribution >= 4 is 11.7 Å². The maximum Gasteiger partial charge on any atom is 0.225 e. The summed E-state index contributed by atoms with van der Waals surface area (Å²) in [6, 6.07) is 6.11. The van der Waals surface area contributed by atoms with Crippen molar-refractivity contribution in [3.8, 4) is 17.0 Å². The van der Waals surface area contributed by atoms with Crippen LogP contribution >= 0.6 is 0 Å². The van der Waals surface area contributed by atoms with Gasteiger partial charge in [0.15, 0.2) is 5.82 Å². The number of anilines is 1. The molecular weight excluding hydrogens is 326 g/mol. The highest BCUT2D eigenvalue weighted by Crippen LogP contribution is 2.35. The lowest BCUT2D eigenvalue weighted by Gasteiger charge is -2.21. The number of carbonyl (C=O) groups excluding carboxylic acids is 1. The third-order valence-corrected chi connectivity index (χ3v) is 4.58. The van der Waals surface area contributed by atoms with Crippen LogP contribution in [0.2, 0.25) is 0 Å². The van der Waals surface area contributed by atoms with Gasteiger partial charge in [0, 0.05) is 12.0 Å². The summed E-state index contributed by atoms with van der Waals surface area (Å²) in [5.41, 5.74) is 5.13. The summed E-state index contributed by atoms with van der Waals surface area (Å²) in [6.45, 7) is 6.19. The predicted molar refractivity (Wildman–Crippen MR) is 104 cm³/mol. The van der Waals surface area contributed by atoms with Gasteiger partial charge in [-0.15, -0.1) is 0 Å². The van der Waals surface area contributed by atoms with E-state index in [4.69, 9.17) is 14.7 Å². The fraction of sp³-hybridized carbons (Fsp3) is 0.476. The zero-order valence-corrected chi connectivity index (χ0v) is 16.1. The van der Waals surface area contributed by atoms with E-state index in [9.17, 15) is 4.79 Å². The lowest BCUT2D eigenvalue weighted by molar-refractivity contribution is -0.116. The summed E-state index contributed by atoms with van der Waals surface area (Å²) >= 11 is 0. The molecule has 0 bridgehead atoms. The van der Waals surface area contributed by atoms with Gasteiger partial charge in [-0.05, 0) is 48.9 Å². The van der Waals surface area contributed by atoms with Gasteiger partial charge >= 0.3 is 0 Å². The van der Waals surface area contributed by atoms with Gasteiger partial charge in [-0.2, -0.15) is 0 Å². The molecule has 1 N–H and O–H groups in total. The first kappa shape index (κ1) is 18.4. The Hall–Kier alpha value is -2.43. The average molecular weight is 353 g/mol. The van der Waals surface area contributed by atoms with E-state index in [1.807, 2.05) is 19.9 Å². The summed E-state index contributed by atoms with van der Waals surface area (Å²) < 4.78 is 5.34. The van der Waals surface area contributed by atoms with Gasteiger partial charge in [0.25, 0.3) is 0 Å². The van der Waals surface area contributed by atoms with E-state index < -0.39 is 0 Å². The lowest BCUT2D eigenvalue weighted by atomic mass is 9.91. The number of aryl methyl sites for hydroxylation is 3. The molecule has 0 radical (unpaired) electrons. The molecule has 1 aliphatic carbocycles. The van der Waals surface area contributed by atoms with Crippen LogP contribution in [0.5, 0.6) is 5.75 Å². The van der Waals surface area contributed by atoms with E-state index >= 15 is 0 Å². The zero-order valence-electron chi connectivity index (χ0n) is 16.1. The number of methoxy groups -OCH3 is 1. The van der Waals surface area contributed by atoms with E-state index in [1.165, 1.54) is 5.56 Å². The monoisotopic (exact) mass is 353 g/mol. The Balaban J connectivity index is 1.99. The smallest absolute Gasteiger partial charge is 0.225 e. The molecule has 1 aromatic heterocycles. The molecule has 0 spiro atoms. The van der Waals surface area contributed by atoms with Crippen LogP contribution in [0, 0.1) is 5.92 Å². The third kappa shape index (κ3) is 3.87. The highest BCUT2D eigenvalue weighted by molar-refractivity contribution is 5.90. The molecule has 3 rings (SSSR count). The molecule has 0 aliphatic heterocycles. The Morgan fingerprint density at radius 2 is 2.08 bits per heavy atom. The largest absolute Gasteiger partial charge is 0.497 e. The molecule has 1 aromatic carbocycles. The first-order valence-electron chi connectivity index (χ1n) is 9.38. The van der Waals surface area contributed by atoms with Crippen LogP contribution in [-0.2, 0) is 24.1 Å². The van der Waals surface area contributed by atoms with Gasteiger partial charge in [0.05, 0.1) is 24.2 Å². The normalized spacial score (nSPS) is 12.5. The van der Waals surface area contributed by atoms with Gasteiger partial charge in [0.2, 0.25) is 5.91 Å². The number of rotatable bonds is 6. The van der Waals surface area contributed by atoms with E-state index in [2.05, 4.69) is 24.4 Å². The highest BCUT2D eigenvalue weighted by atomic mass is 16.5. The Bertz CT molecular complexity index is 815. The van der Waals surface area contributed by atoms with Crippen LogP contribution in [-0.4, -0.2) is 23.0 Å². The topological polar surface area (TPSA) is 64.1 Å². The van der Waals surface area contributed by atoms with Gasteiger partial charge < -0.3 is 10.1 Å². The van der Waals surface area contributed by atoms with Crippen LogP contribution in [0.15, 0.2) is 18.2 Å². The second kappa shape index (κ2) is 7.85. The first-order valence-corrected chi connectivity index (χ1v) is 9.38. The molecule has 0 unspecified atom stereocenters. The summed E-state index contributed by atoms with van der Waals surface area (Å²) in [6.07, 6.45) is 3.97. The van der Waals surface area contributed by atoms with Crippen LogP contribution in [0.25, 0.3) is 11.3 Å². The van der Waals surface area contributed by atoms with Crippen molar-refractivity contribution in [2.24, 2.45) is 5.92 Å². The number of nitrogens with one attached hydrogen (secondary N) is 1. The van der Waals surface area contributed by atoms with Crippen molar-refractivity contribution in [1.29, 1.82) is 0 Å². The Labute approximate surface area is 155 Å². The van der Waals surface area contributed by atoms with Crippen molar-refractivity contribution in [3.63, 3.8) is 0 Å². The number of nitrogens with zero attached hydrogens (tertiary/aromatic N) is 2. The molecule has 1 amide bonds. The predicted octanol–water partition coefficient (Wildman–Crippen LogP) is 4.19. The van der Waals surface area contributed by atoms with Crippen molar-refractivity contribution in [1.82, 2.24) is 9.97 Å². The minimum atomic E-state index is 0.00699. The number of hydrogen-bond donors (Lipinski definition) is 1. The Morgan fingerprint density at radius 1 is 1.27 bits per heavy atom. The number of amides is 1. The molecule has 0 fully saturated rings. The number of ether oxygens (including phenoxy) is 1. The average Bonchev–Trinajstić information content (AvgIpc) is 2.61. The van der Waals surface area contributed by atoms with E-state index in [0.717, 1.165) is 54.1 Å². The number of aromatic nitrogens is 2. The molecule has 2 aromatic rings. The van der Waals surface area contributed by atoms with Crippen LogP contribution < -0.4 is 10.1 Å². The zero-order chi connectivity index (χ0) is 18.7. The lowest BCUT2D eigenvalue weighted by Crippen LogP contribution is -2.19. The minimum Gasteiger partial charge on any atom is -0.497 e. The maximum atomic E-state index is 12.2. The molecular formula is C21H27N3O2. The van der Waals surface area contributed by atoms with Crippen LogP contribution in [0.3, 0.4) is 0 Å². The van der Waals surface area contributed by atoms with E-state index in [1.54, 1.807) is 7.11 Å². The summed E-state index contributed by atoms with van der Waals surface area (Å²) in [4.78, 5) is 21.9. The van der Waals surface area contributed by atoms with Crippen LogP contribution in [0.4, 0.5) is 5.82 Å². The molecule has 1 aliphatic rings. The number of fused-ring (bicyclic) bond motifs is 3. The van der Waals surface area contributed by atoms with Crippen molar-refractivity contribution < 1.29 is 9.53 Å². The number of carbonyl (C=O) groups is 1. The SMILES string of the molecule is CCCc1nc2c(nc1NC(=O)CC(C)C)CCc1cc(OC)ccc1-2. The molecule has 0 saturated carbocycles. The fourth-order valence-electron chi connectivity index (χ4n) is 3.35. The van der Waals surface area contributed by atoms with Crippen molar-refractivity contribution in [2.75, 3.05) is 12.4 Å². The summed E-state index contributed by atoms with van der Waals surface area (Å²) in [5, 5.41) is 2.99. The quantitative estimate of drug-likeness (QED) is 0.846. The summed E-state index contributed by atoms with van der Waals surface area (Å²) in [7, 11) is 1.68. The fourth-order valence-corrected chi connectivity index (χ4v) is 3.35. The number of hydrogen-bond acceptors (Lipinski definition) is 4. The third-order valence-electron chi connectivity index (χ3n) is 4.58. The highest BCUT2D eigenvalue weighted by Gasteiger charge is 2.22. The molecule has 26 heavy (non-hydrogen) atoms. The molecule has 0 atom stereocenters. The van der Waals surface area contributed by atoms with Crippen molar-refractivity contribution in [3.05, 3.63) is 35.2 Å². The van der Waals surface area contributed by atoms with Gasteiger partial charge in [-0.1, -0.05) is 27.2 Å². The first-order chi connectivity index (χ1) is 12.5. The van der Waals surface area contributed by atoms with Crippen LogP contribution in [0.1, 0.15) is 50.6 Å². The van der Waals surface area contributed by atoms with Gasteiger partial charge in [-0.3, -0.25) is 4.79 Å². The molecule has 138 valence electrons. The molecule has 5 heteroatoms. The standard InChI is InChI=1S/C21H27N3O2/c1-5-6-18-21(24-19(25)11-13(2)3)23-17-10-7-14-12-15(26-4)8-9-16(14)20(17)22-18/h8-9,12-13H,5-7,10-11H2,1-4H3,(H,23,24,25). The minimum absolute atomic E-state index is 0.00699. The molecule has 1 heterocycles. The second-order valence-electron chi connectivity index (χ2n) is 7.23. The van der Waals surface area contributed by atoms with E-state index in [-0.39, 0.29) is 5.91 Å².